The third-order valence-electron chi connectivity index (χ3n) is 5.90. The number of rotatable bonds is 5. The Bertz CT molecular complexity index is 1450. The number of aryl methyl sites for hydroxylation is 4. The normalized spacial score (nSPS) is 11.6. The fourth-order valence-electron chi connectivity index (χ4n) is 3.78. The molecule has 5 heteroatoms. The molecule has 0 radical (unpaired) electrons. The quantitative estimate of drug-likeness (QED) is 0.367. The summed E-state index contributed by atoms with van der Waals surface area (Å²) in [4.78, 5) is 18.1. The molecule has 0 saturated heterocycles. The summed E-state index contributed by atoms with van der Waals surface area (Å²) < 4.78 is 27.8. The van der Waals surface area contributed by atoms with Gasteiger partial charge in [-0.3, -0.25) is 9.78 Å². The number of carbonyl (C=O) groups excluding carboxylic acids is 1. The molecule has 0 bridgehead atoms. The van der Waals surface area contributed by atoms with E-state index in [9.17, 15) is 13.2 Å². The van der Waals surface area contributed by atoms with Gasteiger partial charge in [0, 0.05) is 17.1 Å². The van der Waals surface area contributed by atoms with E-state index in [1.807, 2.05) is 45.9 Å². The summed E-state index contributed by atoms with van der Waals surface area (Å²) in [6.45, 7) is 7.75. The minimum atomic E-state index is -3.98. The van der Waals surface area contributed by atoms with Gasteiger partial charge in [0.25, 0.3) is 0 Å². The molecule has 0 aliphatic carbocycles. The molecule has 0 atom stereocenters. The highest BCUT2D eigenvalue weighted by Crippen LogP contribution is 2.33. The molecule has 1 heterocycles. The second-order valence-corrected chi connectivity index (χ2v) is 10.0. The zero-order chi connectivity index (χ0) is 23.0. The topological polar surface area (TPSA) is 64.1 Å². The van der Waals surface area contributed by atoms with Crippen molar-refractivity contribution >= 4 is 26.5 Å². The highest BCUT2D eigenvalue weighted by Gasteiger charge is 2.28. The summed E-state index contributed by atoms with van der Waals surface area (Å²) in [6.07, 6.45) is 2.25. The van der Waals surface area contributed by atoms with Gasteiger partial charge in [0.2, 0.25) is 9.84 Å². The van der Waals surface area contributed by atoms with Crippen LogP contribution in [-0.2, 0) is 16.3 Å². The lowest BCUT2D eigenvalue weighted by molar-refractivity contribution is 0.103. The summed E-state index contributed by atoms with van der Waals surface area (Å²) in [5, 5.41) is 0.458. The van der Waals surface area contributed by atoms with Crippen molar-refractivity contribution in [3.63, 3.8) is 0 Å². The van der Waals surface area contributed by atoms with Crippen LogP contribution in [0.4, 0.5) is 0 Å². The zero-order valence-corrected chi connectivity index (χ0v) is 19.5. The van der Waals surface area contributed by atoms with Gasteiger partial charge in [-0.2, -0.15) is 0 Å². The second-order valence-electron chi connectivity index (χ2n) is 8.15. The van der Waals surface area contributed by atoms with Gasteiger partial charge in [0.15, 0.2) is 5.78 Å². The Balaban J connectivity index is 2.01. The maximum atomic E-state index is 13.9. The lowest BCUT2D eigenvalue weighted by Gasteiger charge is -2.14. The SMILES string of the molecule is CCc1ccc(C(=O)c2cnc3ccc(C)cc3c2S(=O)(=O)c2ccc(C)c(C)c2)cc1. The van der Waals surface area contributed by atoms with E-state index in [1.165, 1.54) is 6.20 Å². The average Bonchev–Trinajstić information content (AvgIpc) is 2.79. The summed E-state index contributed by atoms with van der Waals surface area (Å²) in [5.74, 6) is -0.356. The summed E-state index contributed by atoms with van der Waals surface area (Å²) in [7, 11) is -3.98. The maximum Gasteiger partial charge on any atom is 0.208 e. The standard InChI is InChI=1S/C27H25NO3S/c1-5-20-8-10-21(11-9-20)26(29)24-16-28-25-13-6-17(2)14-23(25)27(24)32(30,31)22-12-7-18(3)19(4)15-22/h6-16H,5H2,1-4H3. The number of hydrogen-bond donors (Lipinski definition) is 0. The molecule has 0 amide bonds. The smallest absolute Gasteiger partial charge is 0.208 e. The van der Waals surface area contributed by atoms with Crippen molar-refractivity contribution in [1.29, 1.82) is 0 Å². The molecule has 0 saturated carbocycles. The Morgan fingerprint density at radius 3 is 2.25 bits per heavy atom. The molecule has 0 aliphatic rings. The van der Waals surface area contributed by atoms with Crippen molar-refractivity contribution in [2.75, 3.05) is 0 Å². The van der Waals surface area contributed by atoms with Crippen LogP contribution < -0.4 is 0 Å². The van der Waals surface area contributed by atoms with Gasteiger partial charge >= 0.3 is 0 Å². The van der Waals surface area contributed by atoms with Crippen LogP contribution in [0.3, 0.4) is 0 Å². The van der Waals surface area contributed by atoms with Crippen molar-refractivity contribution < 1.29 is 13.2 Å². The summed E-state index contributed by atoms with van der Waals surface area (Å²) in [5.41, 5.74) is 4.95. The first-order valence-corrected chi connectivity index (χ1v) is 12.1. The fourth-order valence-corrected chi connectivity index (χ4v) is 5.48. The van der Waals surface area contributed by atoms with E-state index in [-0.39, 0.29) is 21.1 Å². The van der Waals surface area contributed by atoms with E-state index in [2.05, 4.69) is 4.98 Å². The third-order valence-corrected chi connectivity index (χ3v) is 7.75. The Morgan fingerprint density at radius 1 is 0.875 bits per heavy atom. The highest BCUT2D eigenvalue weighted by atomic mass is 32.2. The summed E-state index contributed by atoms with van der Waals surface area (Å²) in [6, 6.07) is 17.8. The van der Waals surface area contributed by atoms with Gasteiger partial charge in [-0.1, -0.05) is 48.9 Å². The minimum absolute atomic E-state index is 0.0130. The van der Waals surface area contributed by atoms with Crippen LogP contribution in [0.5, 0.6) is 0 Å². The molecular formula is C27H25NO3S. The first-order chi connectivity index (χ1) is 15.2. The molecular weight excluding hydrogens is 418 g/mol. The molecule has 162 valence electrons. The van der Waals surface area contributed by atoms with Crippen molar-refractivity contribution in [2.45, 2.75) is 43.9 Å². The first kappa shape index (κ1) is 21.9. The fraction of sp³-hybridized carbons (Fsp3) is 0.185. The number of pyridine rings is 1. The largest absolute Gasteiger partial charge is 0.289 e. The molecule has 1 aromatic heterocycles. The molecule has 4 nitrogen and oxygen atoms in total. The van der Waals surface area contributed by atoms with E-state index in [0.717, 1.165) is 28.7 Å². The summed E-state index contributed by atoms with van der Waals surface area (Å²) >= 11 is 0. The molecule has 4 aromatic rings. The van der Waals surface area contributed by atoms with Gasteiger partial charge < -0.3 is 0 Å². The van der Waals surface area contributed by atoms with Crippen LogP contribution in [-0.4, -0.2) is 19.2 Å². The van der Waals surface area contributed by atoms with E-state index < -0.39 is 9.84 Å². The predicted molar refractivity (Wildman–Crippen MR) is 127 cm³/mol. The number of carbonyl (C=O) groups is 1. The van der Waals surface area contributed by atoms with Gasteiger partial charge in [0.05, 0.1) is 20.9 Å². The molecule has 4 rings (SSSR count). The Morgan fingerprint density at radius 2 is 1.59 bits per heavy atom. The molecule has 0 N–H and O–H groups in total. The lowest BCUT2D eigenvalue weighted by Crippen LogP contribution is -2.13. The molecule has 32 heavy (non-hydrogen) atoms. The van der Waals surface area contributed by atoms with Gasteiger partial charge in [-0.05, 0) is 68.1 Å². The van der Waals surface area contributed by atoms with Crippen molar-refractivity contribution in [2.24, 2.45) is 0 Å². The number of hydrogen-bond acceptors (Lipinski definition) is 4. The van der Waals surface area contributed by atoms with Crippen LogP contribution in [0.15, 0.2) is 76.7 Å². The lowest BCUT2D eigenvalue weighted by atomic mass is 10.0. The van der Waals surface area contributed by atoms with Crippen LogP contribution >= 0.6 is 0 Å². The van der Waals surface area contributed by atoms with Crippen molar-refractivity contribution in [3.05, 3.63) is 100 Å². The van der Waals surface area contributed by atoms with Gasteiger partial charge in [-0.15, -0.1) is 0 Å². The van der Waals surface area contributed by atoms with Gasteiger partial charge in [0.1, 0.15) is 0 Å². The monoisotopic (exact) mass is 443 g/mol. The molecule has 0 spiro atoms. The Labute approximate surface area is 188 Å². The zero-order valence-electron chi connectivity index (χ0n) is 18.6. The molecule has 0 fully saturated rings. The number of aromatic nitrogens is 1. The van der Waals surface area contributed by atoms with Crippen LogP contribution in [0.1, 0.15) is 45.1 Å². The number of fused-ring (bicyclic) bond motifs is 1. The number of benzene rings is 3. The van der Waals surface area contributed by atoms with Crippen molar-refractivity contribution in [3.8, 4) is 0 Å². The predicted octanol–water partition coefficient (Wildman–Crippen LogP) is 5.79. The number of nitrogens with zero attached hydrogens (tertiary/aromatic N) is 1. The van der Waals surface area contributed by atoms with Gasteiger partial charge in [-0.25, -0.2) is 8.42 Å². The van der Waals surface area contributed by atoms with Crippen molar-refractivity contribution in [1.82, 2.24) is 4.98 Å². The molecule has 0 aliphatic heterocycles. The highest BCUT2D eigenvalue weighted by molar-refractivity contribution is 7.91. The van der Waals surface area contributed by atoms with E-state index in [4.69, 9.17) is 0 Å². The van der Waals surface area contributed by atoms with Crippen LogP contribution in [0, 0.1) is 20.8 Å². The number of sulfone groups is 1. The minimum Gasteiger partial charge on any atom is -0.289 e. The van der Waals surface area contributed by atoms with Crippen LogP contribution in [0.2, 0.25) is 0 Å². The molecule has 3 aromatic carbocycles. The second kappa shape index (κ2) is 8.32. The Kier molecular flexibility index (Phi) is 5.70. The maximum absolute atomic E-state index is 13.9. The van der Waals surface area contributed by atoms with Crippen LogP contribution in [0.25, 0.3) is 10.9 Å². The van der Waals surface area contributed by atoms with E-state index >= 15 is 0 Å². The number of ketones is 1. The molecule has 0 unspecified atom stereocenters. The third kappa shape index (κ3) is 3.84. The first-order valence-electron chi connectivity index (χ1n) is 10.6. The van der Waals surface area contributed by atoms with E-state index in [0.29, 0.717) is 16.5 Å². The van der Waals surface area contributed by atoms with E-state index in [1.54, 1.807) is 42.5 Å². The average molecular weight is 444 g/mol. The Hall–Kier alpha value is -3.31.